The van der Waals surface area contributed by atoms with E-state index in [2.05, 4.69) is 27.8 Å². The summed E-state index contributed by atoms with van der Waals surface area (Å²) < 4.78 is 2.20. The summed E-state index contributed by atoms with van der Waals surface area (Å²) in [6, 6.07) is 12.2. The number of carbonyl (C=O) groups excluding carboxylic acids is 1. The molecule has 19 heavy (non-hydrogen) atoms. The number of nitrogens with one attached hydrogen (secondary N) is 1. The van der Waals surface area contributed by atoms with E-state index in [9.17, 15) is 4.79 Å². The Balaban J connectivity index is 2.05. The van der Waals surface area contributed by atoms with E-state index in [0.29, 0.717) is 0 Å². The van der Waals surface area contributed by atoms with Crippen LogP contribution in [0.2, 0.25) is 0 Å². The van der Waals surface area contributed by atoms with Crippen molar-refractivity contribution in [1.82, 2.24) is 4.98 Å². The summed E-state index contributed by atoms with van der Waals surface area (Å²) in [5, 5.41) is 1.24. The molecule has 0 atom stereocenters. The quantitative estimate of drug-likeness (QED) is 0.521. The minimum atomic E-state index is 0.745. The summed E-state index contributed by atoms with van der Waals surface area (Å²) >= 11 is 0. The van der Waals surface area contributed by atoms with Gasteiger partial charge >= 0.3 is 0 Å². The second-order valence-corrected chi connectivity index (χ2v) is 4.94. The molecule has 0 fully saturated rings. The van der Waals surface area contributed by atoms with Gasteiger partial charge in [0.15, 0.2) is 18.2 Å². The second-order valence-electron chi connectivity index (χ2n) is 4.94. The lowest BCUT2D eigenvalue weighted by atomic mass is 10.0. The van der Waals surface area contributed by atoms with Crippen molar-refractivity contribution in [2.45, 2.75) is 12.8 Å². The number of aldehydes is 1. The van der Waals surface area contributed by atoms with Gasteiger partial charge in [0.25, 0.3) is 0 Å². The SMILES string of the molecule is O=Cc1cc[n+]2c(c1)CCc1[nH]c3ccccc3c1-2. The molecular formula is C16H13N2O+. The van der Waals surface area contributed by atoms with Crippen LogP contribution in [-0.2, 0) is 12.8 Å². The molecule has 1 aliphatic rings. The van der Waals surface area contributed by atoms with Crippen molar-refractivity contribution in [2.24, 2.45) is 0 Å². The van der Waals surface area contributed by atoms with E-state index in [1.165, 1.54) is 28.0 Å². The standard InChI is InChI=1S/C16H12N2O/c19-10-11-7-8-18-12(9-11)5-6-15-16(18)13-3-1-2-4-14(13)17-15/h1-4,7-10H,5-6H2/p+1. The lowest BCUT2D eigenvalue weighted by Crippen LogP contribution is -2.39. The Bertz CT molecular complexity index is 802. The molecule has 3 nitrogen and oxygen atoms in total. The van der Waals surface area contributed by atoms with Gasteiger partial charge in [-0.15, -0.1) is 0 Å². The van der Waals surface area contributed by atoms with Crippen molar-refractivity contribution >= 4 is 17.2 Å². The summed E-state index contributed by atoms with van der Waals surface area (Å²) in [7, 11) is 0. The largest absolute Gasteiger partial charge is 0.353 e. The van der Waals surface area contributed by atoms with E-state index in [0.717, 1.165) is 24.7 Å². The molecule has 3 heteroatoms. The van der Waals surface area contributed by atoms with E-state index in [1.54, 1.807) is 0 Å². The van der Waals surface area contributed by atoms with Crippen LogP contribution >= 0.6 is 0 Å². The molecule has 3 aromatic rings. The van der Waals surface area contributed by atoms with Crippen LogP contribution in [-0.4, -0.2) is 11.3 Å². The van der Waals surface area contributed by atoms with E-state index in [1.807, 2.05) is 24.4 Å². The van der Waals surface area contributed by atoms with Crippen molar-refractivity contribution in [1.29, 1.82) is 0 Å². The summed E-state index contributed by atoms with van der Waals surface area (Å²) in [5.41, 5.74) is 5.62. The number of nitrogens with zero attached hydrogens (tertiary/aromatic N) is 1. The van der Waals surface area contributed by atoms with Gasteiger partial charge in [-0.25, -0.2) is 0 Å². The number of hydrogen-bond donors (Lipinski definition) is 1. The highest BCUT2D eigenvalue weighted by molar-refractivity contribution is 5.88. The zero-order valence-electron chi connectivity index (χ0n) is 10.4. The van der Waals surface area contributed by atoms with Crippen molar-refractivity contribution < 1.29 is 9.36 Å². The first-order valence-corrected chi connectivity index (χ1v) is 6.46. The smallest absolute Gasteiger partial charge is 0.239 e. The maximum atomic E-state index is 10.9. The van der Waals surface area contributed by atoms with Gasteiger partial charge in [0.2, 0.25) is 5.69 Å². The molecule has 0 saturated heterocycles. The van der Waals surface area contributed by atoms with Crippen LogP contribution < -0.4 is 4.57 Å². The third-order valence-corrected chi connectivity index (χ3v) is 3.82. The molecule has 2 aromatic heterocycles. The lowest BCUT2D eigenvalue weighted by molar-refractivity contribution is -0.605. The lowest BCUT2D eigenvalue weighted by Gasteiger charge is -2.10. The summed E-state index contributed by atoms with van der Waals surface area (Å²) in [5.74, 6) is 0. The van der Waals surface area contributed by atoms with Gasteiger partial charge in [0.05, 0.1) is 16.6 Å². The van der Waals surface area contributed by atoms with E-state index in [4.69, 9.17) is 0 Å². The molecule has 0 bridgehead atoms. The Hall–Kier alpha value is -2.42. The fourth-order valence-corrected chi connectivity index (χ4v) is 2.94. The maximum Gasteiger partial charge on any atom is 0.239 e. The molecule has 0 aliphatic carbocycles. The Morgan fingerprint density at radius 2 is 2.05 bits per heavy atom. The highest BCUT2D eigenvalue weighted by Crippen LogP contribution is 2.26. The Morgan fingerprint density at radius 3 is 2.95 bits per heavy atom. The maximum absolute atomic E-state index is 10.9. The van der Waals surface area contributed by atoms with Crippen LogP contribution in [0.15, 0.2) is 42.6 Å². The number of para-hydroxylation sites is 1. The van der Waals surface area contributed by atoms with Crippen molar-refractivity contribution in [3.05, 3.63) is 59.5 Å². The Morgan fingerprint density at radius 1 is 1.16 bits per heavy atom. The number of aromatic nitrogens is 2. The minimum absolute atomic E-state index is 0.745. The van der Waals surface area contributed by atoms with Gasteiger partial charge in [-0.3, -0.25) is 4.79 Å². The number of pyridine rings is 1. The summed E-state index contributed by atoms with van der Waals surface area (Å²) in [4.78, 5) is 14.4. The third kappa shape index (κ3) is 1.45. The van der Waals surface area contributed by atoms with Crippen molar-refractivity contribution in [3.63, 3.8) is 0 Å². The highest BCUT2D eigenvalue weighted by Gasteiger charge is 2.28. The summed E-state index contributed by atoms with van der Waals surface area (Å²) in [6.07, 6.45) is 4.86. The van der Waals surface area contributed by atoms with Crippen molar-refractivity contribution in [2.75, 3.05) is 0 Å². The number of hydrogen-bond acceptors (Lipinski definition) is 1. The van der Waals surface area contributed by atoms with Crippen LogP contribution in [0, 0.1) is 0 Å². The molecule has 1 aromatic carbocycles. The average Bonchev–Trinajstić information content (AvgIpc) is 2.85. The number of aromatic amines is 1. The van der Waals surface area contributed by atoms with Gasteiger partial charge in [0, 0.05) is 30.5 Å². The average molecular weight is 249 g/mol. The normalized spacial score (nSPS) is 13.1. The molecule has 0 spiro atoms. The van der Waals surface area contributed by atoms with Crippen LogP contribution in [0.3, 0.4) is 0 Å². The van der Waals surface area contributed by atoms with Gasteiger partial charge in [-0.05, 0) is 12.1 Å². The number of benzene rings is 1. The zero-order valence-corrected chi connectivity index (χ0v) is 10.4. The molecule has 92 valence electrons. The van der Waals surface area contributed by atoms with Gasteiger partial charge in [0.1, 0.15) is 0 Å². The predicted molar refractivity (Wildman–Crippen MR) is 72.6 cm³/mol. The minimum Gasteiger partial charge on any atom is -0.353 e. The number of rotatable bonds is 1. The van der Waals surface area contributed by atoms with Gasteiger partial charge in [-0.1, -0.05) is 12.1 Å². The summed E-state index contributed by atoms with van der Waals surface area (Å²) in [6.45, 7) is 0. The molecule has 1 N–H and O–H groups in total. The monoisotopic (exact) mass is 249 g/mol. The Labute approximate surface area is 110 Å². The fourth-order valence-electron chi connectivity index (χ4n) is 2.94. The van der Waals surface area contributed by atoms with Crippen molar-refractivity contribution in [3.8, 4) is 5.69 Å². The van der Waals surface area contributed by atoms with E-state index >= 15 is 0 Å². The molecule has 4 rings (SSSR count). The van der Waals surface area contributed by atoms with Gasteiger partial charge in [-0.2, -0.15) is 4.57 Å². The first-order chi connectivity index (χ1) is 9.36. The number of fused-ring (bicyclic) bond motifs is 5. The molecule has 0 amide bonds. The highest BCUT2D eigenvalue weighted by atomic mass is 16.1. The molecule has 0 saturated carbocycles. The fraction of sp³-hybridized carbons (Fsp3) is 0.125. The molecule has 3 heterocycles. The van der Waals surface area contributed by atoms with E-state index in [-0.39, 0.29) is 0 Å². The van der Waals surface area contributed by atoms with Crippen LogP contribution in [0.5, 0.6) is 0 Å². The molecule has 0 radical (unpaired) electrons. The van der Waals surface area contributed by atoms with Crippen LogP contribution in [0.25, 0.3) is 16.6 Å². The molecule has 0 unspecified atom stereocenters. The predicted octanol–water partition coefficient (Wildman–Crippen LogP) is 2.36. The van der Waals surface area contributed by atoms with Crippen LogP contribution in [0.1, 0.15) is 21.7 Å². The number of H-pyrrole nitrogens is 1. The Kier molecular flexibility index (Phi) is 2.09. The number of aryl methyl sites for hydroxylation is 2. The van der Waals surface area contributed by atoms with Crippen LogP contribution in [0.4, 0.5) is 0 Å². The third-order valence-electron chi connectivity index (χ3n) is 3.82. The zero-order chi connectivity index (χ0) is 12.8. The molecule has 1 aliphatic heterocycles. The van der Waals surface area contributed by atoms with Gasteiger partial charge < -0.3 is 4.98 Å². The van der Waals surface area contributed by atoms with E-state index < -0.39 is 0 Å². The second kappa shape index (κ2) is 3.79. The number of carbonyl (C=O) groups is 1. The molecular weight excluding hydrogens is 236 g/mol. The topological polar surface area (TPSA) is 36.7 Å². The first kappa shape index (κ1) is 10.5. The first-order valence-electron chi connectivity index (χ1n) is 6.46.